The van der Waals surface area contributed by atoms with E-state index in [1.54, 1.807) is 36.8 Å². The highest BCUT2D eigenvalue weighted by Crippen LogP contribution is 2.05. The van der Waals surface area contributed by atoms with Gasteiger partial charge in [0.15, 0.2) is 12.4 Å². The Morgan fingerprint density at radius 1 is 1.27 bits per heavy atom. The average molecular weight is 199 g/mol. The van der Waals surface area contributed by atoms with Crippen LogP contribution in [0.4, 0.5) is 0 Å². The molecule has 2 aromatic rings. The molecule has 0 spiro atoms. The summed E-state index contributed by atoms with van der Waals surface area (Å²) < 4.78 is 1.85. The number of nitrogens with zero attached hydrogens (tertiary/aromatic N) is 2. The van der Waals surface area contributed by atoms with Crippen molar-refractivity contribution in [1.82, 2.24) is 4.98 Å². The molecule has 0 unspecified atom stereocenters. The lowest BCUT2D eigenvalue weighted by molar-refractivity contribution is -0.671. The largest absolute Gasteiger partial charge is 0.288 e. The maximum Gasteiger partial charge on any atom is 0.200 e. The Bertz CT molecular complexity index is 480. The van der Waals surface area contributed by atoms with Gasteiger partial charge in [-0.05, 0) is 18.2 Å². The number of aryl methyl sites for hydroxylation is 1. The predicted molar refractivity (Wildman–Crippen MR) is 55.3 cm³/mol. The van der Waals surface area contributed by atoms with Crippen LogP contribution >= 0.6 is 0 Å². The van der Waals surface area contributed by atoms with Crippen LogP contribution in [0.25, 0.3) is 0 Å². The van der Waals surface area contributed by atoms with E-state index in [-0.39, 0.29) is 5.78 Å². The minimum atomic E-state index is -0.000648. The Morgan fingerprint density at radius 3 is 2.73 bits per heavy atom. The Kier molecular flexibility index (Phi) is 2.54. The summed E-state index contributed by atoms with van der Waals surface area (Å²) in [5.74, 6) is -0.000648. The molecule has 0 aromatic carbocycles. The molecule has 0 saturated heterocycles. The van der Waals surface area contributed by atoms with Crippen LogP contribution in [0.2, 0.25) is 0 Å². The average Bonchev–Trinajstić information content (AvgIpc) is 2.29. The Hall–Kier alpha value is -2.03. The van der Waals surface area contributed by atoms with E-state index >= 15 is 0 Å². The van der Waals surface area contributed by atoms with Crippen molar-refractivity contribution in [2.45, 2.75) is 0 Å². The zero-order valence-electron chi connectivity index (χ0n) is 8.42. The fourth-order valence-corrected chi connectivity index (χ4v) is 1.39. The Balaban J connectivity index is 2.37. The van der Waals surface area contributed by atoms with Crippen LogP contribution in [0.5, 0.6) is 0 Å². The van der Waals surface area contributed by atoms with Gasteiger partial charge < -0.3 is 0 Å². The zero-order valence-corrected chi connectivity index (χ0v) is 8.42. The second kappa shape index (κ2) is 4.00. The number of pyridine rings is 2. The van der Waals surface area contributed by atoms with E-state index in [1.165, 1.54) is 0 Å². The first-order chi connectivity index (χ1) is 7.27. The van der Waals surface area contributed by atoms with Gasteiger partial charge in [-0.3, -0.25) is 9.78 Å². The van der Waals surface area contributed by atoms with E-state index < -0.39 is 0 Å². The fourth-order valence-electron chi connectivity index (χ4n) is 1.39. The van der Waals surface area contributed by atoms with Gasteiger partial charge in [0.25, 0.3) is 0 Å². The maximum absolute atomic E-state index is 11.9. The van der Waals surface area contributed by atoms with E-state index in [4.69, 9.17) is 0 Å². The van der Waals surface area contributed by atoms with Crippen LogP contribution in [0.15, 0.2) is 49.1 Å². The van der Waals surface area contributed by atoms with Gasteiger partial charge in [0.05, 0.1) is 5.56 Å². The SMILES string of the molecule is C[n+]1cccc(C(=O)c2cccnc2)c1. The monoisotopic (exact) mass is 199 g/mol. The van der Waals surface area contributed by atoms with Crippen LogP contribution in [0.1, 0.15) is 15.9 Å². The molecule has 74 valence electrons. The van der Waals surface area contributed by atoms with Crippen LogP contribution < -0.4 is 4.57 Å². The van der Waals surface area contributed by atoms with Gasteiger partial charge >= 0.3 is 0 Å². The van der Waals surface area contributed by atoms with Crippen molar-refractivity contribution >= 4 is 5.78 Å². The van der Waals surface area contributed by atoms with Crippen molar-refractivity contribution in [3.05, 3.63) is 60.2 Å². The lowest BCUT2D eigenvalue weighted by Gasteiger charge is -1.98. The molecule has 0 amide bonds. The quantitative estimate of drug-likeness (QED) is 0.537. The Labute approximate surface area is 88.0 Å². The third-order valence-electron chi connectivity index (χ3n) is 2.13. The number of aromatic nitrogens is 2. The lowest BCUT2D eigenvalue weighted by atomic mass is 10.1. The number of hydrogen-bond donors (Lipinski definition) is 0. The van der Waals surface area contributed by atoms with Crippen molar-refractivity contribution in [3.63, 3.8) is 0 Å². The van der Waals surface area contributed by atoms with Crippen LogP contribution in [0, 0.1) is 0 Å². The summed E-state index contributed by atoms with van der Waals surface area (Å²) in [4.78, 5) is 15.9. The first-order valence-electron chi connectivity index (χ1n) is 4.67. The number of ketones is 1. The molecule has 0 aliphatic carbocycles. The van der Waals surface area contributed by atoms with Gasteiger partial charge in [0, 0.05) is 24.0 Å². The normalized spacial score (nSPS) is 9.93. The molecule has 0 bridgehead atoms. The van der Waals surface area contributed by atoms with Gasteiger partial charge in [0.1, 0.15) is 7.05 Å². The number of carbonyl (C=O) groups excluding carboxylic acids is 1. The topological polar surface area (TPSA) is 33.8 Å². The van der Waals surface area contributed by atoms with E-state index in [9.17, 15) is 4.79 Å². The summed E-state index contributed by atoms with van der Waals surface area (Å²) in [5, 5.41) is 0. The molecule has 2 aromatic heterocycles. The van der Waals surface area contributed by atoms with Crippen molar-refractivity contribution in [3.8, 4) is 0 Å². The molecule has 2 rings (SSSR count). The summed E-state index contributed by atoms with van der Waals surface area (Å²) in [5.41, 5.74) is 1.29. The minimum absolute atomic E-state index is 0.000648. The highest BCUT2D eigenvalue weighted by atomic mass is 16.1. The molecule has 0 atom stereocenters. The second-order valence-corrected chi connectivity index (χ2v) is 3.33. The van der Waals surface area contributed by atoms with Crippen molar-refractivity contribution in [1.29, 1.82) is 0 Å². The zero-order chi connectivity index (χ0) is 10.7. The molecule has 0 aliphatic rings. The molecule has 0 N–H and O–H groups in total. The first kappa shape index (κ1) is 9.52. The predicted octanol–water partition coefficient (Wildman–Crippen LogP) is 1.14. The minimum Gasteiger partial charge on any atom is -0.288 e. The second-order valence-electron chi connectivity index (χ2n) is 3.33. The highest BCUT2D eigenvalue weighted by Gasteiger charge is 2.11. The summed E-state index contributed by atoms with van der Waals surface area (Å²) in [6, 6.07) is 7.18. The summed E-state index contributed by atoms with van der Waals surface area (Å²) in [6.07, 6.45) is 6.92. The molecular formula is C12H11N2O+. The summed E-state index contributed by atoms with van der Waals surface area (Å²) in [7, 11) is 1.89. The smallest absolute Gasteiger partial charge is 0.200 e. The molecule has 0 saturated carbocycles. The maximum atomic E-state index is 11.9. The molecule has 0 aliphatic heterocycles. The number of hydrogen-bond acceptors (Lipinski definition) is 2. The van der Waals surface area contributed by atoms with Crippen LogP contribution in [-0.4, -0.2) is 10.8 Å². The fraction of sp³-hybridized carbons (Fsp3) is 0.0833. The van der Waals surface area contributed by atoms with E-state index in [2.05, 4.69) is 4.98 Å². The van der Waals surface area contributed by atoms with Crippen molar-refractivity contribution in [2.75, 3.05) is 0 Å². The highest BCUT2D eigenvalue weighted by molar-refractivity contribution is 6.08. The molecule has 3 heteroatoms. The van der Waals surface area contributed by atoms with Crippen LogP contribution in [-0.2, 0) is 7.05 Å². The number of rotatable bonds is 2. The van der Waals surface area contributed by atoms with Crippen LogP contribution in [0.3, 0.4) is 0 Å². The molecule has 15 heavy (non-hydrogen) atoms. The molecule has 0 fully saturated rings. The summed E-state index contributed by atoms with van der Waals surface area (Å²) in [6.45, 7) is 0. The van der Waals surface area contributed by atoms with Gasteiger partial charge in [-0.25, -0.2) is 4.57 Å². The number of carbonyl (C=O) groups is 1. The van der Waals surface area contributed by atoms with E-state index in [1.807, 2.05) is 23.9 Å². The third kappa shape index (κ3) is 2.07. The van der Waals surface area contributed by atoms with Gasteiger partial charge in [-0.1, -0.05) is 0 Å². The molecule has 2 heterocycles. The Morgan fingerprint density at radius 2 is 2.07 bits per heavy atom. The molecule has 3 nitrogen and oxygen atoms in total. The van der Waals surface area contributed by atoms with E-state index in [0.29, 0.717) is 11.1 Å². The van der Waals surface area contributed by atoms with Crippen molar-refractivity contribution in [2.24, 2.45) is 7.05 Å². The molecule has 0 radical (unpaired) electrons. The van der Waals surface area contributed by atoms with Crippen molar-refractivity contribution < 1.29 is 9.36 Å². The van der Waals surface area contributed by atoms with Gasteiger partial charge in [-0.2, -0.15) is 0 Å². The van der Waals surface area contributed by atoms with Gasteiger partial charge in [-0.15, -0.1) is 0 Å². The third-order valence-corrected chi connectivity index (χ3v) is 2.13. The van der Waals surface area contributed by atoms with Gasteiger partial charge in [0.2, 0.25) is 5.78 Å². The first-order valence-corrected chi connectivity index (χ1v) is 4.67. The summed E-state index contributed by atoms with van der Waals surface area (Å²) >= 11 is 0. The standard InChI is InChI=1S/C12H11N2O/c1-14-7-3-5-11(9-14)12(15)10-4-2-6-13-8-10/h2-9H,1H3/q+1. The molecular weight excluding hydrogens is 188 g/mol. The van der Waals surface area contributed by atoms with E-state index in [0.717, 1.165) is 0 Å². The lowest BCUT2D eigenvalue weighted by Crippen LogP contribution is -2.27.